The number of anilines is 1. The molecule has 1 aliphatic heterocycles. The van der Waals surface area contributed by atoms with E-state index in [1.165, 1.54) is 11.5 Å². The Kier molecular flexibility index (Phi) is 3.18. The zero-order chi connectivity index (χ0) is 10.7. The Bertz CT molecular complexity index is 323. The lowest BCUT2D eigenvalue weighted by atomic mass is 10.3. The molecule has 2 heterocycles. The molecule has 0 saturated carbocycles. The first-order valence-corrected chi connectivity index (χ1v) is 5.83. The number of hydrogen-bond acceptors (Lipinski definition) is 6. The van der Waals surface area contributed by atoms with Crippen LogP contribution in [0.25, 0.3) is 0 Å². The molecule has 5 nitrogen and oxygen atoms in total. The number of aromatic nitrogens is 2. The van der Waals surface area contributed by atoms with Crippen LogP contribution in [0, 0.1) is 0 Å². The minimum atomic E-state index is -0.516. The van der Waals surface area contributed by atoms with Gasteiger partial charge in [0, 0.05) is 18.0 Å². The first kappa shape index (κ1) is 10.8. The fourth-order valence-corrected chi connectivity index (χ4v) is 2.01. The molecule has 84 valence electrons. The molecule has 0 aromatic carbocycles. The van der Waals surface area contributed by atoms with Crippen LogP contribution in [0.15, 0.2) is 0 Å². The summed E-state index contributed by atoms with van der Waals surface area (Å²) in [6, 6.07) is 0. The maximum absolute atomic E-state index is 5.47. The summed E-state index contributed by atoms with van der Waals surface area (Å²) in [7, 11) is 0. The van der Waals surface area contributed by atoms with Crippen molar-refractivity contribution in [1.29, 1.82) is 0 Å². The van der Waals surface area contributed by atoms with Gasteiger partial charge >= 0.3 is 0 Å². The van der Waals surface area contributed by atoms with E-state index in [0.717, 1.165) is 17.4 Å². The van der Waals surface area contributed by atoms with Crippen LogP contribution in [0.4, 0.5) is 5.13 Å². The number of rotatable bonds is 4. The molecule has 0 amide bonds. The van der Waals surface area contributed by atoms with Crippen molar-refractivity contribution in [2.75, 3.05) is 25.1 Å². The summed E-state index contributed by atoms with van der Waals surface area (Å²) in [5.74, 6) is 0.360. The third kappa shape index (κ3) is 2.64. The molecule has 0 atom stereocenters. The summed E-state index contributed by atoms with van der Waals surface area (Å²) >= 11 is 1.37. The van der Waals surface area contributed by atoms with Crippen LogP contribution in [0.2, 0.25) is 0 Å². The van der Waals surface area contributed by atoms with Gasteiger partial charge in [-0.1, -0.05) is 6.92 Å². The van der Waals surface area contributed by atoms with Crippen molar-refractivity contribution in [2.45, 2.75) is 26.1 Å². The molecule has 0 aliphatic carbocycles. The highest BCUT2D eigenvalue weighted by Gasteiger charge is 2.30. The van der Waals surface area contributed by atoms with Gasteiger partial charge in [-0.2, -0.15) is 4.37 Å². The first-order chi connectivity index (χ1) is 7.22. The van der Waals surface area contributed by atoms with Crippen molar-refractivity contribution in [2.24, 2.45) is 0 Å². The van der Waals surface area contributed by atoms with E-state index >= 15 is 0 Å². The van der Waals surface area contributed by atoms with Crippen LogP contribution in [0.1, 0.15) is 19.7 Å². The highest BCUT2D eigenvalue weighted by molar-refractivity contribution is 7.09. The summed E-state index contributed by atoms with van der Waals surface area (Å²) in [6.45, 7) is 5.89. The summed E-state index contributed by atoms with van der Waals surface area (Å²) in [4.78, 5) is 4.31. The van der Waals surface area contributed by atoms with Crippen molar-refractivity contribution in [3.8, 4) is 0 Å². The van der Waals surface area contributed by atoms with E-state index in [4.69, 9.17) is 9.47 Å². The predicted octanol–water partition coefficient (Wildman–Crippen LogP) is 1.28. The Morgan fingerprint density at radius 2 is 2.20 bits per heavy atom. The number of nitrogens with one attached hydrogen (secondary N) is 1. The molecule has 6 heteroatoms. The van der Waals surface area contributed by atoms with Crippen molar-refractivity contribution >= 4 is 16.7 Å². The summed E-state index contributed by atoms with van der Waals surface area (Å²) < 4.78 is 15.1. The first-order valence-electron chi connectivity index (χ1n) is 5.06. The molecule has 1 fully saturated rings. The largest absolute Gasteiger partial charge is 0.355 e. The standard InChI is InChI=1S/C9H15N3O2S/c1-3-7-11-8(15-12-7)10-6-9(2)13-4-5-14-9/h3-6H2,1-2H3,(H,10,11,12). The fraction of sp³-hybridized carbons (Fsp3) is 0.778. The van der Waals surface area contributed by atoms with Gasteiger partial charge in [-0.25, -0.2) is 4.98 Å². The van der Waals surface area contributed by atoms with Gasteiger partial charge < -0.3 is 14.8 Å². The van der Waals surface area contributed by atoms with Crippen LogP contribution in [-0.2, 0) is 15.9 Å². The third-order valence-electron chi connectivity index (χ3n) is 2.24. The third-order valence-corrected chi connectivity index (χ3v) is 2.95. The molecule has 2 rings (SSSR count). The van der Waals surface area contributed by atoms with E-state index in [9.17, 15) is 0 Å². The molecule has 0 unspecified atom stereocenters. The molecule has 1 N–H and O–H groups in total. The van der Waals surface area contributed by atoms with Crippen molar-refractivity contribution in [3.63, 3.8) is 0 Å². The minimum Gasteiger partial charge on any atom is -0.355 e. The lowest BCUT2D eigenvalue weighted by Gasteiger charge is -2.21. The zero-order valence-electron chi connectivity index (χ0n) is 8.95. The monoisotopic (exact) mass is 229 g/mol. The Morgan fingerprint density at radius 1 is 1.47 bits per heavy atom. The Hall–Kier alpha value is -0.720. The molecule has 0 spiro atoms. The lowest BCUT2D eigenvalue weighted by Crippen LogP contribution is -2.34. The van der Waals surface area contributed by atoms with Gasteiger partial charge in [0.1, 0.15) is 5.82 Å². The van der Waals surface area contributed by atoms with Gasteiger partial charge in [0.05, 0.1) is 19.8 Å². The van der Waals surface area contributed by atoms with E-state index in [-0.39, 0.29) is 0 Å². The quantitative estimate of drug-likeness (QED) is 0.842. The molecular formula is C9H15N3O2S. The Morgan fingerprint density at radius 3 is 2.80 bits per heavy atom. The van der Waals surface area contributed by atoms with Gasteiger partial charge in [-0.15, -0.1) is 0 Å². The van der Waals surface area contributed by atoms with Crippen LogP contribution in [0.3, 0.4) is 0 Å². The zero-order valence-corrected chi connectivity index (χ0v) is 9.76. The van der Waals surface area contributed by atoms with E-state index in [1.54, 1.807) is 0 Å². The molecule has 1 saturated heterocycles. The summed E-state index contributed by atoms with van der Waals surface area (Å²) in [5, 5.41) is 4.00. The summed E-state index contributed by atoms with van der Waals surface area (Å²) in [5.41, 5.74) is 0. The van der Waals surface area contributed by atoms with E-state index in [1.807, 2.05) is 13.8 Å². The predicted molar refractivity (Wildman–Crippen MR) is 58.1 cm³/mol. The smallest absolute Gasteiger partial charge is 0.202 e. The van der Waals surface area contributed by atoms with Crippen molar-refractivity contribution in [1.82, 2.24) is 9.36 Å². The number of aryl methyl sites for hydroxylation is 1. The van der Waals surface area contributed by atoms with Crippen LogP contribution in [-0.4, -0.2) is 34.9 Å². The Labute approximate surface area is 93.0 Å². The van der Waals surface area contributed by atoms with Crippen LogP contribution >= 0.6 is 11.5 Å². The molecule has 15 heavy (non-hydrogen) atoms. The average Bonchev–Trinajstić information content (AvgIpc) is 2.84. The fourth-order valence-electron chi connectivity index (χ4n) is 1.36. The highest BCUT2D eigenvalue weighted by atomic mass is 32.1. The Balaban J connectivity index is 1.87. The molecule has 1 aliphatic rings. The highest BCUT2D eigenvalue weighted by Crippen LogP contribution is 2.20. The van der Waals surface area contributed by atoms with Gasteiger partial charge in [0.2, 0.25) is 5.13 Å². The molecule has 1 aromatic rings. The maximum Gasteiger partial charge on any atom is 0.202 e. The van der Waals surface area contributed by atoms with Crippen molar-refractivity contribution < 1.29 is 9.47 Å². The van der Waals surface area contributed by atoms with Gasteiger partial charge in [-0.3, -0.25) is 0 Å². The van der Waals surface area contributed by atoms with E-state index in [2.05, 4.69) is 14.7 Å². The number of hydrogen-bond donors (Lipinski definition) is 1. The van der Waals surface area contributed by atoms with Crippen LogP contribution in [0.5, 0.6) is 0 Å². The maximum atomic E-state index is 5.47. The topological polar surface area (TPSA) is 56.3 Å². The lowest BCUT2D eigenvalue weighted by molar-refractivity contribution is -0.129. The second-order valence-electron chi connectivity index (χ2n) is 3.55. The SMILES string of the molecule is CCc1nsc(NCC2(C)OCCO2)n1. The molecular weight excluding hydrogens is 214 g/mol. The molecule has 0 bridgehead atoms. The summed E-state index contributed by atoms with van der Waals surface area (Å²) in [6.07, 6.45) is 0.864. The average molecular weight is 229 g/mol. The number of ether oxygens (including phenoxy) is 2. The van der Waals surface area contributed by atoms with Gasteiger partial charge in [0.25, 0.3) is 0 Å². The van der Waals surface area contributed by atoms with E-state index < -0.39 is 5.79 Å². The normalized spacial score (nSPS) is 19.3. The van der Waals surface area contributed by atoms with E-state index in [0.29, 0.717) is 19.8 Å². The molecule has 0 radical (unpaired) electrons. The second kappa shape index (κ2) is 4.42. The van der Waals surface area contributed by atoms with Crippen molar-refractivity contribution in [3.05, 3.63) is 5.82 Å². The second-order valence-corrected chi connectivity index (χ2v) is 4.31. The van der Waals surface area contributed by atoms with Gasteiger partial charge in [-0.05, 0) is 6.92 Å². The minimum absolute atomic E-state index is 0.516. The number of nitrogens with zero attached hydrogens (tertiary/aromatic N) is 2. The van der Waals surface area contributed by atoms with Crippen LogP contribution < -0.4 is 5.32 Å². The molecule has 1 aromatic heterocycles. The van der Waals surface area contributed by atoms with Gasteiger partial charge in [0.15, 0.2) is 5.79 Å².